The maximum Gasteiger partial charge on any atom is 0.277 e. The summed E-state index contributed by atoms with van der Waals surface area (Å²) in [5.74, 6) is 0.611. The van der Waals surface area contributed by atoms with E-state index >= 15 is 0 Å². The Hall–Kier alpha value is -3.62. The maximum atomic E-state index is 13.3. The largest absolute Gasteiger partial charge is 0.497 e. The van der Waals surface area contributed by atoms with Crippen molar-refractivity contribution in [3.8, 4) is 5.75 Å². The van der Waals surface area contributed by atoms with Crippen LogP contribution in [0.5, 0.6) is 5.75 Å². The molecule has 2 amide bonds. The van der Waals surface area contributed by atoms with Crippen molar-refractivity contribution >= 4 is 17.5 Å². The van der Waals surface area contributed by atoms with E-state index in [1.54, 1.807) is 36.3 Å². The van der Waals surface area contributed by atoms with Gasteiger partial charge in [0.2, 0.25) is 5.91 Å². The SMILES string of the molecule is COc1ccc(C(=O)N2CCCCC2c2cc3nc4c(c(=O)n3[nH]2)CN(C(C)=O)CC4)cc1. The molecule has 33 heavy (non-hydrogen) atoms. The molecule has 5 rings (SSSR count). The van der Waals surface area contributed by atoms with Gasteiger partial charge in [0, 0.05) is 38.1 Å². The van der Waals surface area contributed by atoms with Crippen molar-refractivity contribution in [2.45, 2.75) is 45.2 Å². The normalized spacial score (nSPS) is 18.3. The number of rotatable bonds is 3. The van der Waals surface area contributed by atoms with Crippen molar-refractivity contribution in [2.24, 2.45) is 0 Å². The number of nitrogens with zero attached hydrogens (tertiary/aromatic N) is 4. The van der Waals surface area contributed by atoms with Gasteiger partial charge in [-0.25, -0.2) is 9.50 Å². The fourth-order valence-corrected chi connectivity index (χ4v) is 4.84. The van der Waals surface area contributed by atoms with Crippen molar-refractivity contribution < 1.29 is 14.3 Å². The molecule has 9 nitrogen and oxygen atoms in total. The molecule has 0 bridgehead atoms. The van der Waals surface area contributed by atoms with Gasteiger partial charge in [-0.2, -0.15) is 0 Å². The average Bonchev–Trinajstić information content (AvgIpc) is 3.28. The molecular formula is C24H27N5O4. The molecule has 0 aliphatic carbocycles. The predicted octanol–water partition coefficient (Wildman–Crippen LogP) is 2.30. The van der Waals surface area contributed by atoms with Crippen molar-refractivity contribution in [3.63, 3.8) is 0 Å². The van der Waals surface area contributed by atoms with Gasteiger partial charge in [-0.05, 0) is 43.5 Å². The lowest BCUT2D eigenvalue weighted by Crippen LogP contribution is -2.39. The number of nitrogens with one attached hydrogen (secondary N) is 1. The van der Waals surface area contributed by atoms with Gasteiger partial charge in [0.1, 0.15) is 5.75 Å². The van der Waals surface area contributed by atoms with Crippen molar-refractivity contribution in [3.05, 3.63) is 63.2 Å². The number of aromatic nitrogens is 3. The van der Waals surface area contributed by atoms with Gasteiger partial charge in [0.05, 0.1) is 36.6 Å². The zero-order chi connectivity index (χ0) is 23.1. The molecule has 1 atom stereocenters. The van der Waals surface area contributed by atoms with Crippen LogP contribution in [0.25, 0.3) is 5.65 Å². The highest BCUT2D eigenvalue weighted by Crippen LogP contribution is 2.32. The molecule has 172 valence electrons. The lowest BCUT2D eigenvalue weighted by atomic mass is 9.98. The number of fused-ring (bicyclic) bond motifs is 2. The number of methoxy groups -OCH3 is 1. The molecule has 2 aromatic heterocycles. The van der Waals surface area contributed by atoms with Crippen molar-refractivity contribution in [1.82, 2.24) is 24.4 Å². The van der Waals surface area contributed by atoms with Crippen LogP contribution in [0.4, 0.5) is 0 Å². The summed E-state index contributed by atoms with van der Waals surface area (Å²) >= 11 is 0. The van der Waals surface area contributed by atoms with Gasteiger partial charge in [-0.15, -0.1) is 0 Å². The Balaban J connectivity index is 1.49. The fraction of sp³-hybridized carbons (Fsp3) is 0.417. The summed E-state index contributed by atoms with van der Waals surface area (Å²) in [6.45, 7) is 3.00. The number of hydrogen-bond acceptors (Lipinski definition) is 5. The Kier molecular flexibility index (Phi) is 5.39. The Morgan fingerprint density at radius 2 is 1.94 bits per heavy atom. The number of amides is 2. The number of benzene rings is 1. The van der Waals surface area contributed by atoms with Crippen LogP contribution in [-0.2, 0) is 17.8 Å². The first-order valence-electron chi connectivity index (χ1n) is 11.3. The van der Waals surface area contributed by atoms with E-state index in [2.05, 4.69) is 5.10 Å². The topological polar surface area (TPSA) is 100 Å². The smallest absolute Gasteiger partial charge is 0.277 e. The Bertz CT molecular complexity index is 1280. The van der Waals surface area contributed by atoms with Crippen LogP contribution in [0.3, 0.4) is 0 Å². The number of piperidine rings is 1. The fourth-order valence-electron chi connectivity index (χ4n) is 4.84. The minimum absolute atomic E-state index is 0.0438. The molecule has 2 aliphatic heterocycles. The third kappa shape index (κ3) is 3.77. The van der Waals surface area contributed by atoms with Gasteiger partial charge >= 0.3 is 0 Å². The molecular weight excluding hydrogens is 422 g/mol. The molecule has 0 radical (unpaired) electrons. The molecule has 1 fully saturated rings. The zero-order valence-electron chi connectivity index (χ0n) is 18.8. The number of carbonyl (C=O) groups is 2. The summed E-state index contributed by atoms with van der Waals surface area (Å²) in [6.07, 6.45) is 3.30. The number of aromatic amines is 1. The van der Waals surface area contributed by atoms with Gasteiger partial charge in [0.25, 0.3) is 11.5 Å². The monoisotopic (exact) mass is 449 g/mol. The highest BCUT2D eigenvalue weighted by Gasteiger charge is 2.31. The standard InChI is InChI=1S/C24H27N5O4/c1-15(30)27-12-10-19-18(14-27)24(32)29-22(25-19)13-20(26-29)21-5-3-4-11-28(21)23(31)16-6-8-17(33-2)9-7-16/h6-9,13,21,26H,3-5,10-12,14H2,1-2H3. The zero-order valence-corrected chi connectivity index (χ0v) is 18.8. The second-order valence-electron chi connectivity index (χ2n) is 8.68. The lowest BCUT2D eigenvalue weighted by molar-refractivity contribution is -0.129. The first kappa shape index (κ1) is 21.2. The van der Waals surface area contributed by atoms with E-state index in [4.69, 9.17) is 9.72 Å². The number of carbonyl (C=O) groups excluding carboxylic acids is 2. The van der Waals surface area contributed by atoms with Crippen LogP contribution in [-0.4, -0.2) is 56.4 Å². The summed E-state index contributed by atoms with van der Waals surface area (Å²) < 4.78 is 6.65. The summed E-state index contributed by atoms with van der Waals surface area (Å²) in [4.78, 5) is 46.6. The van der Waals surface area contributed by atoms with Gasteiger partial charge in [-0.1, -0.05) is 0 Å². The molecule has 1 aromatic carbocycles. The molecule has 1 unspecified atom stereocenters. The first-order chi connectivity index (χ1) is 16.0. The quantitative estimate of drug-likeness (QED) is 0.661. The lowest BCUT2D eigenvalue weighted by Gasteiger charge is -2.35. The number of hydrogen-bond donors (Lipinski definition) is 1. The molecule has 1 saturated heterocycles. The first-order valence-corrected chi connectivity index (χ1v) is 11.3. The number of ether oxygens (including phenoxy) is 1. The Morgan fingerprint density at radius 3 is 2.67 bits per heavy atom. The van der Waals surface area contributed by atoms with Crippen LogP contribution >= 0.6 is 0 Å². The second kappa shape index (κ2) is 8.38. The van der Waals surface area contributed by atoms with Crippen LogP contribution in [0.15, 0.2) is 35.1 Å². The third-order valence-corrected chi connectivity index (χ3v) is 6.69. The summed E-state index contributed by atoms with van der Waals surface area (Å²) in [5.41, 5.74) is 3.07. The maximum absolute atomic E-state index is 13.3. The van der Waals surface area contributed by atoms with Gasteiger partial charge < -0.3 is 14.5 Å². The van der Waals surface area contributed by atoms with Gasteiger partial charge in [-0.3, -0.25) is 19.5 Å². The summed E-state index contributed by atoms with van der Waals surface area (Å²) in [7, 11) is 1.60. The predicted molar refractivity (Wildman–Crippen MR) is 121 cm³/mol. The minimum atomic E-state index is -0.184. The molecule has 2 aliphatic rings. The Morgan fingerprint density at radius 1 is 1.15 bits per heavy atom. The third-order valence-electron chi connectivity index (χ3n) is 6.69. The molecule has 0 saturated carbocycles. The minimum Gasteiger partial charge on any atom is -0.497 e. The van der Waals surface area contributed by atoms with Crippen LogP contribution < -0.4 is 10.3 Å². The van der Waals surface area contributed by atoms with Crippen molar-refractivity contribution in [2.75, 3.05) is 20.2 Å². The van der Waals surface area contributed by atoms with Crippen LogP contribution in [0, 0.1) is 0 Å². The molecule has 4 heterocycles. The molecule has 9 heteroatoms. The molecule has 1 N–H and O–H groups in total. The van der Waals surface area contributed by atoms with E-state index in [0.29, 0.717) is 42.0 Å². The molecule has 3 aromatic rings. The van der Waals surface area contributed by atoms with Gasteiger partial charge in [0.15, 0.2) is 5.65 Å². The van der Waals surface area contributed by atoms with Crippen molar-refractivity contribution in [1.29, 1.82) is 0 Å². The highest BCUT2D eigenvalue weighted by atomic mass is 16.5. The second-order valence-corrected chi connectivity index (χ2v) is 8.68. The Labute approximate surface area is 190 Å². The number of H-pyrrole nitrogens is 1. The van der Waals surface area contributed by atoms with E-state index in [1.807, 2.05) is 11.0 Å². The van der Waals surface area contributed by atoms with E-state index in [-0.39, 0.29) is 30.0 Å². The molecule has 0 spiro atoms. The summed E-state index contributed by atoms with van der Waals surface area (Å²) in [6, 6.07) is 8.84. The van der Waals surface area contributed by atoms with E-state index in [0.717, 1.165) is 30.7 Å². The van der Waals surface area contributed by atoms with E-state index in [1.165, 1.54) is 11.4 Å². The summed E-state index contributed by atoms with van der Waals surface area (Å²) in [5, 5.41) is 3.21. The van der Waals surface area contributed by atoms with E-state index in [9.17, 15) is 14.4 Å². The average molecular weight is 450 g/mol. The number of likely N-dealkylation sites (tertiary alicyclic amines) is 1. The van der Waals surface area contributed by atoms with Crippen LogP contribution in [0.2, 0.25) is 0 Å². The van der Waals surface area contributed by atoms with E-state index < -0.39 is 0 Å². The highest BCUT2D eigenvalue weighted by molar-refractivity contribution is 5.94. The van der Waals surface area contributed by atoms with Crippen LogP contribution in [0.1, 0.15) is 59.5 Å².